The van der Waals surface area contributed by atoms with Crippen LogP contribution >= 0.6 is 11.3 Å². The highest BCUT2D eigenvalue weighted by Crippen LogP contribution is 2.35. The van der Waals surface area contributed by atoms with Crippen molar-refractivity contribution in [3.63, 3.8) is 0 Å². The molecule has 0 saturated carbocycles. The van der Waals surface area contributed by atoms with E-state index in [4.69, 9.17) is 4.42 Å². The van der Waals surface area contributed by atoms with Crippen molar-refractivity contribution in [2.24, 2.45) is 5.10 Å². The third-order valence-corrected chi connectivity index (χ3v) is 5.33. The molecule has 1 unspecified atom stereocenters. The Kier molecular flexibility index (Phi) is 5.44. The number of carbonyl (C=O) groups is 1. The Bertz CT molecular complexity index is 1040. The van der Waals surface area contributed by atoms with Crippen LogP contribution in [0, 0.1) is 6.92 Å². The number of furan rings is 1. The number of hydrazone groups is 1. The number of amides is 2. The maximum absolute atomic E-state index is 12.4. The molecule has 0 fully saturated rings. The summed E-state index contributed by atoms with van der Waals surface area (Å²) in [4.78, 5) is 18.7. The maximum Gasteiger partial charge on any atom is 0.322 e. The summed E-state index contributed by atoms with van der Waals surface area (Å²) in [6, 6.07) is 11.4. The van der Waals surface area contributed by atoms with Crippen molar-refractivity contribution < 1.29 is 9.21 Å². The van der Waals surface area contributed by atoms with Gasteiger partial charge < -0.3 is 14.6 Å². The van der Waals surface area contributed by atoms with E-state index in [0.29, 0.717) is 17.4 Å². The number of nitrogens with one attached hydrogen (secondary N) is 2. The van der Waals surface area contributed by atoms with Crippen molar-refractivity contribution in [3.8, 4) is 0 Å². The molecular weight excluding hydrogens is 386 g/mol. The molecule has 148 valence electrons. The second-order valence-electron chi connectivity index (χ2n) is 6.59. The largest absolute Gasteiger partial charge is 0.463 e. The van der Waals surface area contributed by atoms with E-state index in [9.17, 15) is 4.79 Å². The molecule has 7 nitrogen and oxygen atoms in total. The Labute approximate surface area is 172 Å². The van der Waals surface area contributed by atoms with E-state index in [0.717, 1.165) is 16.8 Å². The van der Waals surface area contributed by atoms with Gasteiger partial charge in [0.1, 0.15) is 5.76 Å². The van der Waals surface area contributed by atoms with E-state index in [1.165, 1.54) is 16.9 Å². The van der Waals surface area contributed by atoms with Gasteiger partial charge in [-0.2, -0.15) is 5.10 Å². The standard InChI is InChI=1S/C21H21N5O2S/c1-3-26-12-17(19(24-21(26)27)15-8-6-14(2)7-9-15)18-13-29-20(23-18)25-22-11-16-5-4-10-28-16/h4-13,19H,3H2,1-2H3,(H,23,25)(H,24,27)/b22-11-. The number of rotatable bonds is 6. The number of hydrogen-bond acceptors (Lipinski definition) is 6. The van der Waals surface area contributed by atoms with Gasteiger partial charge in [-0.1, -0.05) is 29.8 Å². The van der Waals surface area contributed by atoms with Crippen LogP contribution in [0.4, 0.5) is 9.93 Å². The van der Waals surface area contributed by atoms with Crippen molar-refractivity contribution in [1.29, 1.82) is 0 Å². The van der Waals surface area contributed by atoms with E-state index in [1.54, 1.807) is 23.4 Å². The monoisotopic (exact) mass is 407 g/mol. The van der Waals surface area contributed by atoms with Gasteiger partial charge in [-0.05, 0) is 31.5 Å². The lowest BCUT2D eigenvalue weighted by atomic mass is 9.95. The number of aromatic nitrogens is 1. The molecule has 4 rings (SSSR count). The topological polar surface area (TPSA) is 82.8 Å². The first-order valence-corrected chi connectivity index (χ1v) is 10.2. The van der Waals surface area contributed by atoms with Crippen molar-refractivity contribution in [2.45, 2.75) is 19.9 Å². The van der Waals surface area contributed by atoms with Crippen LogP contribution in [0.2, 0.25) is 0 Å². The van der Waals surface area contributed by atoms with Crippen molar-refractivity contribution in [3.05, 3.63) is 76.8 Å². The van der Waals surface area contributed by atoms with E-state index in [-0.39, 0.29) is 12.1 Å². The predicted molar refractivity (Wildman–Crippen MR) is 115 cm³/mol. The van der Waals surface area contributed by atoms with Gasteiger partial charge in [-0.15, -0.1) is 11.3 Å². The Hall–Kier alpha value is -3.39. The Morgan fingerprint density at radius 3 is 2.90 bits per heavy atom. The number of nitrogens with zero attached hydrogens (tertiary/aromatic N) is 3. The second kappa shape index (κ2) is 8.32. The summed E-state index contributed by atoms with van der Waals surface area (Å²) < 4.78 is 5.22. The molecule has 3 aromatic rings. The van der Waals surface area contributed by atoms with Gasteiger partial charge in [0.25, 0.3) is 0 Å². The maximum atomic E-state index is 12.4. The minimum Gasteiger partial charge on any atom is -0.463 e. The molecule has 3 heterocycles. The molecule has 29 heavy (non-hydrogen) atoms. The van der Waals surface area contributed by atoms with Crippen LogP contribution in [0.3, 0.4) is 0 Å². The zero-order chi connectivity index (χ0) is 20.2. The van der Waals surface area contributed by atoms with Crippen molar-refractivity contribution in [1.82, 2.24) is 15.2 Å². The Balaban J connectivity index is 1.60. The molecule has 0 saturated heterocycles. The van der Waals surface area contributed by atoms with Gasteiger partial charge in [-0.25, -0.2) is 9.78 Å². The van der Waals surface area contributed by atoms with E-state index in [2.05, 4.69) is 20.8 Å². The van der Waals surface area contributed by atoms with Gasteiger partial charge in [-0.3, -0.25) is 5.43 Å². The number of aryl methyl sites for hydroxylation is 1. The molecule has 2 aromatic heterocycles. The highest BCUT2D eigenvalue weighted by Gasteiger charge is 2.29. The average molecular weight is 407 g/mol. The molecule has 1 aliphatic heterocycles. The van der Waals surface area contributed by atoms with Gasteiger partial charge >= 0.3 is 6.03 Å². The van der Waals surface area contributed by atoms with E-state index >= 15 is 0 Å². The lowest BCUT2D eigenvalue weighted by Crippen LogP contribution is -2.43. The fourth-order valence-electron chi connectivity index (χ4n) is 3.03. The highest BCUT2D eigenvalue weighted by atomic mass is 32.1. The number of anilines is 1. The molecule has 2 amide bonds. The minimum atomic E-state index is -0.257. The zero-order valence-corrected chi connectivity index (χ0v) is 16.9. The number of benzene rings is 1. The zero-order valence-electron chi connectivity index (χ0n) is 16.1. The summed E-state index contributed by atoms with van der Waals surface area (Å²) in [6.07, 6.45) is 5.07. The fourth-order valence-corrected chi connectivity index (χ4v) is 3.70. The van der Waals surface area contributed by atoms with Crippen LogP contribution in [-0.4, -0.2) is 28.7 Å². The van der Waals surface area contributed by atoms with Gasteiger partial charge in [0.15, 0.2) is 0 Å². The van der Waals surface area contributed by atoms with Gasteiger partial charge in [0, 0.05) is 23.7 Å². The summed E-state index contributed by atoms with van der Waals surface area (Å²) in [5.74, 6) is 0.657. The first-order valence-electron chi connectivity index (χ1n) is 9.28. The molecule has 8 heteroatoms. The molecule has 1 aromatic carbocycles. The SMILES string of the molecule is CCN1C=C(c2csc(N/N=C\c3ccco3)n2)C(c2ccc(C)cc2)NC1=O. The summed E-state index contributed by atoms with van der Waals surface area (Å²) in [5.41, 5.74) is 6.86. The fraction of sp³-hybridized carbons (Fsp3) is 0.190. The van der Waals surface area contributed by atoms with Crippen molar-refractivity contribution in [2.75, 3.05) is 12.0 Å². The first kappa shape index (κ1) is 18.9. The molecule has 0 bridgehead atoms. The number of carbonyl (C=O) groups excluding carboxylic acids is 1. The molecular formula is C21H21N5O2S. The predicted octanol–water partition coefficient (Wildman–Crippen LogP) is 4.62. The summed E-state index contributed by atoms with van der Waals surface area (Å²) >= 11 is 1.45. The van der Waals surface area contributed by atoms with Crippen LogP contribution in [0.25, 0.3) is 5.57 Å². The second-order valence-corrected chi connectivity index (χ2v) is 7.45. The lowest BCUT2D eigenvalue weighted by molar-refractivity contribution is 0.212. The van der Waals surface area contributed by atoms with Crippen molar-refractivity contribution >= 4 is 34.3 Å². The number of thiazole rings is 1. The Morgan fingerprint density at radius 2 is 2.17 bits per heavy atom. The minimum absolute atomic E-state index is 0.113. The molecule has 0 radical (unpaired) electrons. The van der Waals surface area contributed by atoms with E-state index < -0.39 is 0 Å². The molecule has 2 N–H and O–H groups in total. The van der Waals surface area contributed by atoms with Crippen LogP contribution in [0.5, 0.6) is 0 Å². The lowest BCUT2D eigenvalue weighted by Gasteiger charge is -2.31. The first-order chi connectivity index (χ1) is 14.1. The smallest absolute Gasteiger partial charge is 0.322 e. The third kappa shape index (κ3) is 4.22. The average Bonchev–Trinajstić information content (AvgIpc) is 3.41. The van der Waals surface area contributed by atoms with Gasteiger partial charge in [0.05, 0.1) is 24.2 Å². The summed E-state index contributed by atoms with van der Waals surface area (Å²) in [7, 11) is 0. The molecule has 1 atom stereocenters. The van der Waals surface area contributed by atoms with Crippen LogP contribution in [-0.2, 0) is 0 Å². The van der Waals surface area contributed by atoms with Crippen LogP contribution < -0.4 is 10.7 Å². The molecule has 0 aliphatic carbocycles. The third-order valence-electron chi connectivity index (χ3n) is 4.58. The summed E-state index contributed by atoms with van der Waals surface area (Å²) in [5, 5.41) is 9.87. The highest BCUT2D eigenvalue weighted by molar-refractivity contribution is 7.13. The van der Waals surface area contributed by atoms with Crippen LogP contribution in [0.15, 0.2) is 63.8 Å². The quantitative estimate of drug-likeness (QED) is 0.461. The van der Waals surface area contributed by atoms with Crippen LogP contribution in [0.1, 0.15) is 35.5 Å². The molecule has 0 spiro atoms. The number of hydrogen-bond donors (Lipinski definition) is 2. The van der Waals surface area contributed by atoms with Gasteiger partial charge in [0.2, 0.25) is 5.13 Å². The molecule has 1 aliphatic rings. The number of urea groups is 1. The van der Waals surface area contributed by atoms with E-state index in [1.807, 2.05) is 55.8 Å². The normalized spacial score (nSPS) is 16.8. The summed E-state index contributed by atoms with van der Waals surface area (Å²) in [6.45, 7) is 4.57. The Morgan fingerprint density at radius 1 is 1.34 bits per heavy atom.